The third-order valence-electron chi connectivity index (χ3n) is 7.39. The van der Waals surface area contributed by atoms with Crippen molar-refractivity contribution < 1.29 is 4.79 Å². The zero-order valence-electron chi connectivity index (χ0n) is 20.4. The molecular weight excluding hydrogens is 454 g/mol. The van der Waals surface area contributed by atoms with Crippen LogP contribution in [0.2, 0.25) is 5.02 Å². The van der Waals surface area contributed by atoms with Crippen LogP contribution in [0.4, 0.5) is 5.69 Å². The zero-order valence-corrected chi connectivity index (χ0v) is 21.2. The van der Waals surface area contributed by atoms with Crippen molar-refractivity contribution in [3.63, 3.8) is 0 Å². The van der Waals surface area contributed by atoms with Gasteiger partial charge in [0, 0.05) is 40.9 Å². The number of likely N-dealkylation sites (tertiary alicyclic amines) is 1. The van der Waals surface area contributed by atoms with Crippen LogP contribution >= 0.6 is 11.6 Å². The van der Waals surface area contributed by atoms with Crippen molar-refractivity contribution in [1.29, 1.82) is 0 Å². The van der Waals surface area contributed by atoms with Gasteiger partial charge >= 0.3 is 0 Å². The van der Waals surface area contributed by atoms with Crippen LogP contribution in [-0.2, 0) is 17.9 Å². The molecule has 4 aromatic rings. The van der Waals surface area contributed by atoms with Gasteiger partial charge in [0.05, 0.1) is 0 Å². The molecule has 5 heteroatoms. The van der Waals surface area contributed by atoms with Crippen LogP contribution in [0, 0.1) is 19.8 Å². The van der Waals surface area contributed by atoms with Gasteiger partial charge in [-0.1, -0.05) is 60.1 Å². The Hall–Kier alpha value is -3.08. The van der Waals surface area contributed by atoms with Gasteiger partial charge in [-0.05, 0) is 86.1 Å². The van der Waals surface area contributed by atoms with Crippen LogP contribution < -0.4 is 5.32 Å². The number of aryl methyl sites for hydroxylation is 1. The molecule has 1 amide bonds. The molecule has 0 radical (unpaired) electrons. The van der Waals surface area contributed by atoms with E-state index < -0.39 is 0 Å². The number of rotatable bonds is 6. The molecule has 1 aromatic heterocycles. The van der Waals surface area contributed by atoms with Gasteiger partial charge in [-0.3, -0.25) is 9.69 Å². The summed E-state index contributed by atoms with van der Waals surface area (Å²) in [4.78, 5) is 15.4. The first-order valence-electron chi connectivity index (χ1n) is 12.4. The second kappa shape index (κ2) is 10.3. The van der Waals surface area contributed by atoms with E-state index in [1.54, 1.807) is 0 Å². The Morgan fingerprint density at radius 2 is 1.69 bits per heavy atom. The Bertz CT molecular complexity index is 1350. The monoisotopic (exact) mass is 485 g/mol. The van der Waals surface area contributed by atoms with Gasteiger partial charge in [0.2, 0.25) is 5.91 Å². The summed E-state index contributed by atoms with van der Waals surface area (Å²) in [6, 6.07) is 25.0. The highest BCUT2D eigenvalue weighted by Crippen LogP contribution is 2.27. The number of fused-ring (bicyclic) bond motifs is 1. The number of nitrogens with one attached hydrogen (secondary N) is 1. The molecule has 2 heterocycles. The van der Waals surface area contributed by atoms with Crippen molar-refractivity contribution in [3.05, 3.63) is 100 Å². The van der Waals surface area contributed by atoms with E-state index in [-0.39, 0.29) is 11.8 Å². The largest absolute Gasteiger partial charge is 0.339 e. The van der Waals surface area contributed by atoms with Crippen LogP contribution in [0.1, 0.15) is 35.2 Å². The maximum atomic E-state index is 13.0. The summed E-state index contributed by atoms with van der Waals surface area (Å²) in [5.41, 5.74) is 6.91. The molecule has 0 atom stereocenters. The number of piperidine rings is 1. The fraction of sp³-hybridized carbons (Fsp3) is 0.300. The van der Waals surface area contributed by atoms with Crippen LogP contribution in [0.5, 0.6) is 0 Å². The van der Waals surface area contributed by atoms with Gasteiger partial charge in [0.1, 0.15) is 0 Å². The second-order valence-corrected chi connectivity index (χ2v) is 10.1. The van der Waals surface area contributed by atoms with Crippen LogP contribution in [0.25, 0.3) is 10.9 Å². The van der Waals surface area contributed by atoms with Gasteiger partial charge in [0.15, 0.2) is 0 Å². The Morgan fingerprint density at radius 1 is 0.943 bits per heavy atom. The number of hydrogen-bond donors (Lipinski definition) is 1. The summed E-state index contributed by atoms with van der Waals surface area (Å²) in [5.74, 6) is 0.200. The molecule has 0 bridgehead atoms. The predicted molar refractivity (Wildman–Crippen MR) is 145 cm³/mol. The molecule has 1 saturated heterocycles. The zero-order chi connectivity index (χ0) is 24.4. The summed E-state index contributed by atoms with van der Waals surface area (Å²) in [5, 5.41) is 5.22. The number of halogens is 1. The summed E-state index contributed by atoms with van der Waals surface area (Å²) < 4.78 is 2.38. The first-order chi connectivity index (χ1) is 17.0. The van der Waals surface area contributed by atoms with Crippen LogP contribution in [0.15, 0.2) is 72.8 Å². The molecule has 0 unspecified atom stereocenters. The van der Waals surface area contributed by atoms with Crippen LogP contribution in [0.3, 0.4) is 0 Å². The van der Waals surface area contributed by atoms with Gasteiger partial charge in [-0.2, -0.15) is 0 Å². The number of hydrogen-bond acceptors (Lipinski definition) is 2. The minimum Gasteiger partial charge on any atom is -0.339 e. The van der Waals surface area contributed by atoms with Crippen molar-refractivity contribution in [2.45, 2.75) is 39.8 Å². The lowest BCUT2D eigenvalue weighted by atomic mass is 9.95. The van der Waals surface area contributed by atoms with E-state index in [9.17, 15) is 4.79 Å². The molecule has 4 nitrogen and oxygen atoms in total. The minimum atomic E-state index is 0.0557. The van der Waals surface area contributed by atoms with E-state index in [4.69, 9.17) is 11.6 Å². The fourth-order valence-corrected chi connectivity index (χ4v) is 5.28. The lowest BCUT2D eigenvalue weighted by Gasteiger charge is -2.31. The highest BCUT2D eigenvalue weighted by Gasteiger charge is 2.26. The number of amides is 1. The number of carbonyl (C=O) groups excluding carboxylic acids is 1. The van der Waals surface area contributed by atoms with Crippen molar-refractivity contribution in [1.82, 2.24) is 9.47 Å². The first-order valence-corrected chi connectivity index (χ1v) is 12.8. The molecule has 0 saturated carbocycles. The molecule has 35 heavy (non-hydrogen) atoms. The summed E-state index contributed by atoms with van der Waals surface area (Å²) in [6.45, 7) is 7.59. The Balaban J connectivity index is 1.27. The lowest BCUT2D eigenvalue weighted by molar-refractivity contribution is -0.121. The Morgan fingerprint density at radius 3 is 2.49 bits per heavy atom. The number of carbonyl (C=O) groups is 1. The van der Waals surface area contributed by atoms with Gasteiger partial charge in [-0.25, -0.2) is 0 Å². The molecule has 1 fully saturated rings. The molecule has 1 aliphatic heterocycles. The first kappa shape index (κ1) is 23.7. The highest BCUT2D eigenvalue weighted by molar-refractivity contribution is 6.31. The quantitative estimate of drug-likeness (QED) is 0.325. The van der Waals surface area contributed by atoms with E-state index in [1.807, 2.05) is 30.3 Å². The number of benzene rings is 3. The summed E-state index contributed by atoms with van der Waals surface area (Å²) >= 11 is 6.50. The number of aromatic nitrogens is 1. The number of nitrogens with zero attached hydrogens (tertiary/aromatic N) is 2. The molecule has 180 valence electrons. The predicted octanol–water partition coefficient (Wildman–Crippen LogP) is 6.81. The van der Waals surface area contributed by atoms with Crippen molar-refractivity contribution in [3.8, 4) is 0 Å². The summed E-state index contributed by atoms with van der Waals surface area (Å²) in [6.07, 6.45) is 1.75. The third-order valence-corrected chi connectivity index (χ3v) is 7.76. The van der Waals surface area contributed by atoms with Gasteiger partial charge in [-0.15, -0.1) is 0 Å². The Labute approximate surface area is 212 Å². The number of anilines is 1. The molecule has 0 spiro atoms. The third kappa shape index (κ3) is 5.14. The minimum absolute atomic E-state index is 0.0557. The molecule has 5 rings (SSSR count). The van der Waals surface area contributed by atoms with E-state index in [0.29, 0.717) is 0 Å². The molecular formula is C30H32ClN3O. The summed E-state index contributed by atoms with van der Waals surface area (Å²) in [7, 11) is 0. The smallest absolute Gasteiger partial charge is 0.227 e. The van der Waals surface area contributed by atoms with E-state index in [1.165, 1.54) is 22.2 Å². The van der Waals surface area contributed by atoms with E-state index >= 15 is 0 Å². The van der Waals surface area contributed by atoms with Gasteiger partial charge < -0.3 is 9.88 Å². The Kier molecular flexibility index (Phi) is 6.94. The van der Waals surface area contributed by atoms with Crippen molar-refractivity contribution in [2.75, 3.05) is 18.4 Å². The van der Waals surface area contributed by atoms with E-state index in [2.05, 4.69) is 71.1 Å². The maximum Gasteiger partial charge on any atom is 0.227 e. The average molecular weight is 486 g/mol. The van der Waals surface area contributed by atoms with Crippen molar-refractivity contribution >= 4 is 34.1 Å². The molecule has 3 aromatic carbocycles. The maximum absolute atomic E-state index is 13.0. The molecule has 0 aliphatic carbocycles. The fourth-order valence-electron chi connectivity index (χ4n) is 5.09. The van der Waals surface area contributed by atoms with Crippen LogP contribution in [-0.4, -0.2) is 28.5 Å². The molecule has 1 aliphatic rings. The van der Waals surface area contributed by atoms with Crippen molar-refractivity contribution in [2.24, 2.45) is 5.92 Å². The number of para-hydroxylation sites is 1. The second-order valence-electron chi connectivity index (χ2n) is 9.66. The topological polar surface area (TPSA) is 37.3 Å². The lowest BCUT2D eigenvalue weighted by Crippen LogP contribution is -2.38. The highest BCUT2D eigenvalue weighted by atomic mass is 35.5. The molecule has 1 N–H and O–H groups in total. The standard InChI is InChI=1S/C30H32ClN3O/c1-21-8-7-12-28(22(21)2)32-30(35)23-14-16-33(17-15-23)20-26-18-24-9-4-6-13-29(24)34(26)19-25-10-3-5-11-27(25)31/h3-13,18,23H,14-17,19-20H2,1-2H3,(H,32,35). The van der Waals surface area contributed by atoms with Gasteiger partial charge in [0.25, 0.3) is 0 Å². The average Bonchev–Trinajstić information content (AvgIpc) is 3.20. The normalized spacial score (nSPS) is 14.9. The van der Waals surface area contributed by atoms with E-state index in [0.717, 1.165) is 60.9 Å². The SMILES string of the molecule is Cc1cccc(NC(=O)C2CCN(Cc3cc4ccccc4n3Cc3ccccc3Cl)CC2)c1C.